The lowest BCUT2D eigenvalue weighted by atomic mass is 9.51. The van der Waals surface area contributed by atoms with E-state index in [1.807, 2.05) is 0 Å². The molecule has 0 aromatic carbocycles. The molecule has 5 fully saturated rings. The molecule has 5 aliphatic rings. The lowest BCUT2D eigenvalue weighted by Gasteiger charge is -2.55. The predicted molar refractivity (Wildman–Crippen MR) is 96.6 cm³/mol. The summed E-state index contributed by atoms with van der Waals surface area (Å²) in [6.07, 6.45) is 10.2. The van der Waals surface area contributed by atoms with Gasteiger partial charge in [0.15, 0.2) is 0 Å². The number of nitrogens with two attached hydrogens (primary N) is 1. The third-order valence-electron chi connectivity index (χ3n) is 7.33. The van der Waals surface area contributed by atoms with E-state index in [2.05, 4.69) is 10.2 Å². The fraction of sp³-hybridized carbons (Fsp3) is 0.900. The van der Waals surface area contributed by atoms with Crippen LogP contribution in [0.2, 0.25) is 0 Å². The van der Waals surface area contributed by atoms with Gasteiger partial charge in [-0.15, -0.1) is 0 Å². The molecule has 0 aromatic rings. The Hall–Kier alpha value is -1.10. The van der Waals surface area contributed by atoms with Crippen molar-refractivity contribution in [2.24, 2.45) is 35.3 Å². The lowest BCUT2D eigenvalue weighted by Crippen LogP contribution is -2.56. The topological polar surface area (TPSA) is 75.4 Å². The van der Waals surface area contributed by atoms with Crippen LogP contribution in [0.3, 0.4) is 0 Å². The molecule has 1 heterocycles. The smallest absolute Gasteiger partial charge is 0.226 e. The summed E-state index contributed by atoms with van der Waals surface area (Å²) < 4.78 is 0. The van der Waals surface area contributed by atoms with E-state index in [-0.39, 0.29) is 17.9 Å². The predicted octanol–water partition coefficient (Wildman–Crippen LogP) is 1.90. The maximum atomic E-state index is 13.5. The monoisotopic (exact) mass is 347 g/mol. The Bertz CT molecular complexity index is 493. The minimum atomic E-state index is 0.00935. The van der Waals surface area contributed by atoms with Crippen LogP contribution >= 0.6 is 0 Å². The molecular weight excluding hydrogens is 314 g/mol. The van der Waals surface area contributed by atoms with Gasteiger partial charge in [0.2, 0.25) is 11.8 Å². The van der Waals surface area contributed by atoms with Crippen molar-refractivity contribution in [2.75, 3.05) is 19.6 Å². The molecule has 140 valence electrons. The first-order valence-corrected chi connectivity index (χ1v) is 10.4. The van der Waals surface area contributed by atoms with Crippen LogP contribution in [0.4, 0.5) is 0 Å². The van der Waals surface area contributed by atoms with Crippen LogP contribution < -0.4 is 11.1 Å². The van der Waals surface area contributed by atoms with Crippen LogP contribution in [0.25, 0.3) is 0 Å². The maximum absolute atomic E-state index is 13.5. The fourth-order valence-electron chi connectivity index (χ4n) is 6.47. The number of nitrogens with zero attached hydrogens (tertiary/aromatic N) is 1. The molecule has 4 bridgehead atoms. The van der Waals surface area contributed by atoms with Crippen molar-refractivity contribution in [2.45, 2.75) is 63.8 Å². The van der Waals surface area contributed by atoms with Gasteiger partial charge in [-0.1, -0.05) is 0 Å². The maximum Gasteiger partial charge on any atom is 0.226 e. The molecule has 4 aliphatic carbocycles. The highest BCUT2D eigenvalue weighted by atomic mass is 16.2. The molecule has 2 amide bonds. The molecule has 0 aromatic heterocycles. The van der Waals surface area contributed by atoms with Gasteiger partial charge in [0.05, 0.1) is 0 Å². The Morgan fingerprint density at radius 1 is 1.00 bits per heavy atom. The summed E-state index contributed by atoms with van der Waals surface area (Å²) in [6.45, 7) is 1.85. The zero-order valence-corrected chi connectivity index (χ0v) is 15.3. The van der Waals surface area contributed by atoms with Crippen molar-refractivity contribution in [1.82, 2.24) is 10.2 Å². The molecule has 5 nitrogen and oxygen atoms in total. The fourth-order valence-corrected chi connectivity index (χ4v) is 6.47. The second-order valence-corrected chi connectivity index (χ2v) is 8.98. The molecule has 1 atom stereocenters. The second-order valence-electron chi connectivity index (χ2n) is 8.98. The molecule has 3 N–H and O–H groups in total. The number of hydrogen-bond donors (Lipinski definition) is 2. The Kier molecular flexibility index (Phi) is 5.03. The van der Waals surface area contributed by atoms with Crippen molar-refractivity contribution < 1.29 is 9.59 Å². The molecule has 1 unspecified atom stereocenters. The molecule has 4 saturated carbocycles. The average Bonchev–Trinajstić information content (AvgIpc) is 2.59. The highest BCUT2D eigenvalue weighted by Gasteiger charge is 2.52. The van der Waals surface area contributed by atoms with Gasteiger partial charge in [-0.05, 0) is 75.0 Å². The van der Waals surface area contributed by atoms with E-state index in [0.717, 1.165) is 37.6 Å². The standard InChI is InChI=1S/C20H33N3O2/c21-5-4-18(24)22-12-17-3-1-2-6-23(17)20(25)19-15-8-13-7-14(10-15)11-16(19)9-13/h13-17,19H,1-12,21H2,(H,22,24). The van der Waals surface area contributed by atoms with Crippen molar-refractivity contribution in [1.29, 1.82) is 0 Å². The Labute approximate surface area is 151 Å². The molecule has 5 heteroatoms. The van der Waals surface area contributed by atoms with Crippen LogP contribution in [0.1, 0.15) is 57.8 Å². The van der Waals surface area contributed by atoms with Crippen LogP contribution in [-0.4, -0.2) is 42.4 Å². The van der Waals surface area contributed by atoms with E-state index in [1.54, 1.807) is 0 Å². The number of carbonyl (C=O) groups is 2. The van der Waals surface area contributed by atoms with E-state index >= 15 is 0 Å². The highest BCUT2D eigenvalue weighted by molar-refractivity contribution is 5.80. The highest BCUT2D eigenvalue weighted by Crippen LogP contribution is 2.57. The van der Waals surface area contributed by atoms with Crippen molar-refractivity contribution in [3.63, 3.8) is 0 Å². The van der Waals surface area contributed by atoms with Crippen LogP contribution in [0.5, 0.6) is 0 Å². The number of amides is 2. The van der Waals surface area contributed by atoms with E-state index in [4.69, 9.17) is 5.73 Å². The zero-order valence-electron chi connectivity index (χ0n) is 15.3. The van der Waals surface area contributed by atoms with Gasteiger partial charge in [0.25, 0.3) is 0 Å². The van der Waals surface area contributed by atoms with Crippen LogP contribution in [0.15, 0.2) is 0 Å². The van der Waals surface area contributed by atoms with E-state index in [1.165, 1.54) is 32.1 Å². The number of carbonyl (C=O) groups excluding carboxylic acids is 2. The van der Waals surface area contributed by atoms with Gasteiger partial charge in [-0.2, -0.15) is 0 Å². The summed E-state index contributed by atoms with van der Waals surface area (Å²) in [5, 5.41) is 2.99. The first kappa shape index (κ1) is 17.3. The van der Waals surface area contributed by atoms with E-state index < -0.39 is 0 Å². The second kappa shape index (κ2) is 7.26. The number of rotatable bonds is 5. The largest absolute Gasteiger partial charge is 0.354 e. The SMILES string of the molecule is NCCC(=O)NCC1CCCCN1C(=O)C1C2CC3CC(C2)CC1C3. The number of likely N-dealkylation sites (tertiary alicyclic amines) is 1. The zero-order chi connectivity index (χ0) is 17.4. The summed E-state index contributed by atoms with van der Waals surface area (Å²) in [5.41, 5.74) is 5.45. The lowest BCUT2D eigenvalue weighted by molar-refractivity contribution is -0.153. The molecule has 0 spiro atoms. The average molecular weight is 348 g/mol. The summed E-state index contributed by atoms with van der Waals surface area (Å²) in [5.74, 6) is 3.77. The minimum absolute atomic E-state index is 0.00935. The van der Waals surface area contributed by atoms with Gasteiger partial charge in [0.1, 0.15) is 0 Å². The number of hydrogen-bond acceptors (Lipinski definition) is 3. The summed E-state index contributed by atoms with van der Waals surface area (Å²) in [6, 6.07) is 0.181. The molecular formula is C20H33N3O2. The quantitative estimate of drug-likeness (QED) is 0.798. The Balaban J connectivity index is 1.41. The van der Waals surface area contributed by atoms with Gasteiger partial charge in [-0.3, -0.25) is 9.59 Å². The number of nitrogens with one attached hydrogen (secondary N) is 1. The van der Waals surface area contributed by atoms with E-state index in [9.17, 15) is 9.59 Å². The first-order chi connectivity index (χ1) is 12.2. The number of piperidine rings is 1. The normalized spacial score (nSPS) is 39.5. The minimum Gasteiger partial charge on any atom is -0.354 e. The van der Waals surface area contributed by atoms with E-state index in [0.29, 0.717) is 37.3 Å². The molecule has 1 saturated heterocycles. The summed E-state index contributed by atoms with van der Waals surface area (Å²) in [7, 11) is 0. The third kappa shape index (κ3) is 3.44. The Morgan fingerprint density at radius 3 is 2.32 bits per heavy atom. The van der Waals surface area contributed by atoms with Gasteiger partial charge in [0, 0.05) is 38.0 Å². The van der Waals surface area contributed by atoms with Gasteiger partial charge < -0.3 is 16.0 Å². The summed E-state index contributed by atoms with van der Waals surface area (Å²) in [4.78, 5) is 27.4. The molecule has 1 aliphatic heterocycles. The first-order valence-electron chi connectivity index (χ1n) is 10.4. The molecule has 0 radical (unpaired) electrons. The van der Waals surface area contributed by atoms with Crippen molar-refractivity contribution in [3.8, 4) is 0 Å². The third-order valence-corrected chi connectivity index (χ3v) is 7.33. The Morgan fingerprint density at radius 2 is 1.68 bits per heavy atom. The van der Waals surface area contributed by atoms with Crippen molar-refractivity contribution in [3.05, 3.63) is 0 Å². The van der Waals surface area contributed by atoms with Gasteiger partial charge >= 0.3 is 0 Å². The van der Waals surface area contributed by atoms with Gasteiger partial charge in [-0.25, -0.2) is 0 Å². The molecule has 25 heavy (non-hydrogen) atoms. The molecule has 5 rings (SSSR count). The summed E-state index contributed by atoms with van der Waals surface area (Å²) >= 11 is 0. The van der Waals surface area contributed by atoms with Crippen molar-refractivity contribution >= 4 is 11.8 Å². The van der Waals surface area contributed by atoms with Crippen LogP contribution in [-0.2, 0) is 9.59 Å². The van der Waals surface area contributed by atoms with Crippen LogP contribution in [0, 0.1) is 29.6 Å².